The Morgan fingerprint density at radius 3 is 2.79 bits per heavy atom. The Kier molecular flexibility index (Phi) is 2.98. The van der Waals surface area contributed by atoms with Gasteiger partial charge in [0.15, 0.2) is 0 Å². The number of carbonyl (C=O) groups excluding carboxylic acids is 1. The first-order valence-corrected chi connectivity index (χ1v) is 5.75. The maximum atomic E-state index is 11.8. The average Bonchev–Trinajstić information content (AvgIpc) is 2.63. The van der Waals surface area contributed by atoms with Crippen molar-refractivity contribution in [3.8, 4) is 0 Å². The zero-order valence-corrected chi connectivity index (χ0v) is 8.98. The molecule has 1 heterocycles. The lowest BCUT2D eigenvalue weighted by Crippen LogP contribution is -2.56. The number of ether oxygens (including phenoxy) is 1. The quantitative estimate of drug-likeness (QED) is 0.724. The van der Waals surface area contributed by atoms with Crippen LogP contribution in [0, 0.1) is 5.92 Å². The maximum Gasteiger partial charge on any atom is 0.225 e. The molecule has 2 rings (SSSR count). The lowest BCUT2D eigenvalue weighted by Gasteiger charge is -2.41. The molecular formula is C10H16ClNO2. The van der Waals surface area contributed by atoms with Gasteiger partial charge in [0.05, 0.1) is 18.1 Å². The van der Waals surface area contributed by atoms with Gasteiger partial charge in [-0.15, -0.1) is 11.6 Å². The van der Waals surface area contributed by atoms with Gasteiger partial charge < -0.3 is 10.1 Å². The SMILES string of the molecule is O=C(NC1(CCl)CCC1)C1CCOC1. The average molecular weight is 218 g/mol. The first-order valence-electron chi connectivity index (χ1n) is 5.21. The Balaban J connectivity index is 1.86. The molecule has 2 aliphatic rings. The van der Waals surface area contributed by atoms with Crippen LogP contribution in [0.2, 0.25) is 0 Å². The van der Waals surface area contributed by atoms with E-state index in [9.17, 15) is 4.79 Å². The van der Waals surface area contributed by atoms with Crippen molar-refractivity contribution in [2.45, 2.75) is 31.2 Å². The van der Waals surface area contributed by atoms with Gasteiger partial charge in [-0.2, -0.15) is 0 Å². The zero-order valence-electron chi connectivity index (χ0n) is 8.22. The number of carbonyl (C=O) groups is 1. The lowest BCUT2D eigenvalue weighted by atomic mass is 9.78. The highest BCUT2D eigenvalue weighted by Gasteiger charge is 2.39. The predicted octanol–water partition coefficient (Wildman–Crippen LogP) is 1.30. The van der Waals surface area contributed by atoms with Gasteiger partial charge in [0.1, 0.15) is 0 Å². The minimum atomic E-state index is -0.0960. The summed E-state index contributed by atoms with van der Waals surface area (Å²) in [4.78, 5) is 11.8. The van der Waals surface area contributed by atoms with Gasteiger partial charge in [0.2, 0.25) is 5.91 Å². The predicted molar refractivity (Wildman–Crippen MR) is 54.4 cm³/mol. The molecule has 1 unspecified atom stereocenters. The van der Waals surface area contributed by atoms with Crippen molar-refractivity contribution in [3.63, 3.8) is 0 Å². The van der Waals surface area contributed by atoms with E-state index >= 15 is 0 Å². The summed E-state index contributed by atoms with van der Waals surface area (Å²) in [6, 6.07) is 0. The van der Waals surface area contributed by atoms with Gasteiger partial charge in [-0.1, -0.05) is 0 Å². The van der Waals surface area contributed by atoms with Crippen LogP contribution in [0.3, 0.4) is 0 Å². The summed E-state index contributed by atoms with van der Waals surface area (Å²) in [5.74, 6) is 0.713. The van der Waals surface area contributed by atoms with Gasteiger partial charge >= 0.3 is 0 Å². The molecule has 80 valence electrons. The third-order valence-electron chi connectivity index (χ3n) is 3.26. The van der Waals surface area contributed by atoms with Crippen molar-refractivity contribution in [1.29, 1.82) is 0 Å². The van der Waals surface area contributed by atoms with E-state index in [2.05, 4.69) is 5.32 Å². The zero-order chi connectivity index (χ0) is 10.0. The van der Waals surface area contributed by atoms with Gasteiger partial charge in [0.25, 0.3) is 0 Å². The molecular weight excluding hydrogens is 202 g/mol. The molecule has 0 aromatic carbocycles. The molecule has 1 aliphatic heterocycles. The van der Waals surface area contributed by atoms with E-state index in [4.69, 9.17) is 16.3 Å². The molecule has 14 heavy (non-hydrogen) atoms. The van der Waals surface area contributed by atoms with E-state index in [0.717, 1.165) is 19.3 Å². The number of halogens is 1. The van der Waals surface area contributed by atoms with E-state index in [1.165, 1.54) is 6.42 Å². The summed E-state index contributed by atoms with van der Waals surface area (Å²) in [5.41, 5.74) is -0.0960. The van der Waals surface area contributed by atoms with Gasteiger partial charge in [-0.05, 0) is 25.7 Å². The molecule has 0 radical (unpaired) electrons. The van der Waals surface area contributed by atoms with Crippen molar-refractivity contribution in [3.05, 3.63) is 0 Å². The Bertz CT molecular complexity index is 217. The van der Waals surface area contributed by atoms with Crippen molar-refractivity contribution >= 4 is 17.5 Å². The fraction of sp³-hybridized carbons (Fsp3) is 0.900. The summed E-state index contributed by atoms with van der Waals surface area (Å²) in [7, 11) is 0. The molecule has 2 fully saturated rings. The molecule has 0 aromatic rings. The smallest absolute Gasteiger partial charge is 0.225 e. The second kappa shape index (κ2) is 4.07. The standard InChI is InChI=1S/C10H16ClNO2/c11-7-10(3-1-4-10)12-9(13)8-2-5-14-6-8/h8H,1-7H2,(H,12,13). The van der Waals surface area contributed by atoms with Crippen LogP contribution in [0.4, 0.5) is 0 Å². The molecule has 0 bridgehead atoms. The Morgan fingerprint density at radius 2 is 2.36 bits per heavy atom. The van der Waals surface area contributed by atoms with Crippen LogP contribution >= 0.6 is 11.6 Å². The Labute approximate surface area is 89.1 Å². The molecule has 1 N–H and O–H groups in total. The molecule has 1 saturated carbocycles. The molecule has 1 aliphatic carbocycles. The highest BCUT2D eigenvalue weighted by atomic mass is 35.5. The van der Waals surface area contributed by atoms with Crippen LogP contribution in [0.15, 0.2) is 0 Å². The van der Waals surface area contributed by atoms with Gasteiger partial charge in [-0.25, -0.2) is 0 Å². The third-order valence-corrected chi connectivity index (χ3v) is 3.77. The molecule has 1 amide bonds. The van der Waals surface area contributed by atoms with Crippen LogP contribution in [0.25, 0.3) is 0 Å². The fourth-order valence-corrected chi connectivity index (χ4v) is 2.33. The van der Waals surface area contributed by atoms with Crippen LogP contribution < -0.4 is 5.32 Å². The maximum absolute atomic E-state index is 11.8. The fourth-order valence-electron chi connectivity index (χ4n) is 2.00. The molecule has 1 atom stereocenters. The molecule has 3 nitrogen and oxygen atoms in total. The van der Waals surface area contributed by atoms with Gasteiger partial charge in [-0.3, -0.25) is 4.79 Å². The number of alkyl halides is 1. The third kappa shape index (κ3) is 1.89. The van der Waals surface area contributed by atoms with Crippen molar-refractivity contribution < 1.29 is 9.53 Å². The molecule has 0 aromatic heterocycles. The minimum Gasteiger partial charge on any atom is -0.381 e. The highest BCUT2D eigenvalue weighted by molar-refractivity contribution is 6.18. The van der Waals surface area contributed by atoms with Crippen LogP contribution in [0.1, 0.15) is 25.7 Å². The Morgan fingerprint density at radius 1 is 1.57 bits per heavy atom. The number of hydrogen-bond acceptors (Lipinski definition) is 2. The van der Waals surface area contributed by atoms with Crippen LogP contribution in [0.5, 0.6) is 0 Å². The van der Waals surface area contributed by atoms with Crippen molar-refractivity contribution in [2.24, 2.45) is 5.92 Å². The van der Waals surface area contributed by atoms with E-state index in [0.29, 0.717) is 19.1 Å². The second-order valence-corrected chi connectivity index (χ2v) is 4.58. The first kappa shape index (κ1) is 10.2. The normalized spacial score (nSPS) is 29.6. The minimum absolute atomic E-state index is 0.0516. The number of amides is 1. The summed E-state index contributed by atoms with van der Waals surface area (Å²) in [5, 5.41) is 3.07. The largest absolute Gasteiger partial charge is 0.381 e. The lowest BCUT2D eigenvalue weighted by molar-refractivity contribution is -0.127. The van der Waals surface area contributed by atoms with Crippen molar-refractivity contribution in [1.82, 2.24) is 5.32 Å². The topological polar surface area (TPSA) is 38.3 Å². The van der Waals surface area contributed by atoms with E-state index in [-0.39, 0.29) is 17.4 Å². The van der Waals surface area contributed by atoms with E-state index in [1.807, 2.05) is 0 Å². The monoisotopic (exact) mass is 217 g/mol. The van der Waals surface area contributed by atoms with Gasteiger partial charge in [0, 0.05) is 12.5 Å². The second-order valence-electron chi connectivity index (χ2n) is 4.32. The number of hydrogen-bond donors (Lipinski definition) is 1. The van der Waals surface area contributed by atoms with E-state index in [1.54, 1.807) is 0 Å². The summed E-state index contributed by atoms with van der Waals surface area (Å²) in [6.45, 7) is 1.29. The summed E-state index contributed by atoms with van der Waals surface area (Å²) in [6.07, 6.45) is 4.07. The molecule has 4 heteroatoms. The van der Waals surface area contributed by atoms with Crippen LogP contribution in [-0.2, 0) is 9.53 Å². The van der Waals surface area contributed by atoms with Crippen LogP contribution in [-0.4, -0.2) is 30.5 Å². The van der Waals surface area contributed by atoms with E-state index < -0.39 is 0 Å². The molecule has 1 saturated heterocycles. The highest BCUT2D eigenvalue weighted by Crippen LogP contribution is 2.33. The number of nitrogens with one attached hydrogen (secondary N) is 1. The summed E-state index contributed by atoms with van der Waals surface area (Å²) >= 11 is 5.86. The first-order chi connectivity index (χ1) is 6.76. The number of rotatable bonds is 3. The summed E-state index contributed by atoms with van der Waals surface area (Å²) < 4.78 is 5.18. The van der Waals surface area contributed by atoms with Crippen molar-refractivity contribution in [2.75, 3.05) is 19.1 Å². The molecule has 0 spiro atoms. The Hall–Kier alpha value is -0.280.